The Labute approximate surface area is 166 Å². The molecule has 144 valence electrons. The number of ether oxygens (including phenoxy) is 1. The second-order valence-electron chi connectivity index (χ2n) is 6.17. The van der Waals surface area contributed by atoms with E-state index in [9.17, 15) is 9.59 Å². The lowest BCUT2D eigenvalue weighted by molar-refractivity contribution is 0.0696. The van der Waals surface area contributed by atoms with Crippen molar-refractivity contribution >= 4 is 23.5 Å². The van der Waals surface area contributed by atoms with Crippen LogP contribution < -0.4 is 10.1 Å². The summed E-state index contributed by atoms with van der Waals surface area (Å²) in [7, 11) is 1.68. The van der Waals surface area contributed by atoms with Gasteiger partial charge in [0.2, 0.25) is 5.88 Å². The first-order valence-corrected chi connectivity index (χ1v) is 8.82. The molecule has 28 heavy (non-hydrogen) atoms. The largest absolute Gasteiger partial charge is 0.478 e. The number of carbonyl (C=O) groups excluding carboxylic acids is 1. The van der Waals surface area contributed by atoms with Gasteiger partial charge in [0.1, 0.15) is 11.3 Å². The van der Waals surface area contributed by atoms with Crippen LogP contribution in [0.2, 0.25) is 5.02 Å². The van der Waals surface area contributed by atoms with Gasteiger partial charge in [0.05, 0.1) is 17.8 Å². The van der Waals surface area contributed by atoms with Crippen molar-refractivity contribution in [3.05, 3.63) is 76.4 Å². The molecule has 2 aromatic carbocycles. The molecule has 0 radical (unpaired) electrons. The van der Waals surface area contributed by atoms with Crippen molar-refractivity contribution in [1.82, 2.24) is 15.1 Å². The minimum absolute atomic E-state index is 0.188. The van der Waals surface area contributed by atoms with Gasteiger partial charge >= 0.3 is 5.97 Å². The van der Waals surface area contributed by atoms with Gasteiger partial charge in [-0.2, -0.15) is 5.10 Å². The summed E-state index contributed by atoms with van der Waals surface area (Å²) in [6.45, 7) is 1.81. The van der Waals surface area contributed by atoms with Crippen molar-refractivity contribution in [3.8, 4) is 11.6 Å². The van der Waals surface area contributed by atoms with Crippen molar-refractivity contribution in [2.24, 2.45) is 7.05 Å². The van der Waals surface area contributed by atoms with Crippen LogP contribution >= 0.6 is 11.6 Å². The van der Waals surface area contributed by atoms with Gasteiger partial charge in [-0.15, -0.1) is 0 Å². The number of nitrogens with one attached hydrogen (secondary N) is 1. The number of aryl methyl sites for hydroxylation is 1. The van der Waals surface area contributed by atoms with Crippen LogP contribution in [0, 0.1) is 0 Å². The van der Waals surface area contributed by atoms with Crippen LogP contribution in [0.3, 0.4) is 0 Å². The molecule has 0 saturated carbocycles. The zero-order valence-electron chi connectivity index (χ0n) is 15.2. The quantitative estimate of drug-likeness (QED) is 0.652. The molecule has 0 aliphatic heterocycles. The molecular formula is C20H18ClN3O4. The Morgan fingerprint density at radius 2 is 1.79 bits per heavy atom. The third-order valence-electron chi connectivity index (χ3n) is 4.16. The molecule has 3 aromatic rings. The molecule has 0 aliphatic rings. The van der Waals surface area contributed by atoms with E-state index < -0.39 is 5.97 Å². The van der Waals surface area contributed by atoms with Crippen LogP contribution in [-0.2, 0) is 7.05 Å². The third kappa shape index (κ3) is 4.32. The molecule has 0 spiro atoms. The summed E-state index contributed by atoms with van der Waals surface area (Å²) in [6.07, 6.45) is 1.43. The normalized spacial score (nSPS) is 11.7. The summed E-state index contributed by atoms with van der Waals surface area (Å²) < 4.78 is 7.27. The van der Waals surface area contributed by atoms with Crippen molar-refractivity contribution in [1.29, 1.82) is 0 Å². The number of carboxylic acid groups (broad SMARTS) is 1. The van der Waals surface area contributed by atoms with Crippen molar-refractivity contribution in [3.63, 3.8) is 0 Å². The Kier molecular flexibility index (Phi) is 5.65. The highest BCUT2D eigenvalue weighted by molar-refractivity contribution is 6.30. The average molecular weight is 400 g/mol. The van der Waals surface area contributed by atoms with Gasteiger partial charge in [-0.25, -0.2) is 9.48 Å². The smallest absolute Gasteiger partial charge is 0.335 e. The number of nitrogens with zero attached hydrogens (tertiary/aromatic N) is 2. The van der Waals surface area contributed by atoms with Gasteiger partial charge in [-0.1, -0.05) is 23.7 Å². The molecule has 0 saturated heterocycles. The first-order chi connectivity index (χ1) is 13.3. The maximum atomic E-state index is 12.7. The van der Waals surface area contributed by atoms with E-state index in [-0.39, 0.29) is 23.1 Å². The summed E-state index contributed by atoms with van der Waals surface area (Å²) in [4.78, 5) is 23.7. The van der Waals surface area contributed by atoms with E-state index in [1.807, 2.05) is 6.92 Å². The second kappa shape index (κ2) is 8.14. The Morgan fingerprint density at radius 1 is 1.14 bits per heavy atom. The molecule has 0 bridgehead atoms. The molecule has 1 aromatic heterocycles. The topological polar surface area (TPSA) is 93.5 Å². The monoisotopic (exact) mass is 399 g/mol. The third-order valence-corrected chi connectivity index (χ3v) is 4.41. The number of hydrogen-bond donors (Lipinski definition) is 2. The van der Waals surface area contributed by atoms with Gasteiger partial charge in [0.15, 0.2) is 0 Å². The van der Waals surface area contributed by atoms with Crippen LogP contribution in [0.15, 0.2) is 54.7 Å². The first-order valence-electron chi connectivity index (χ1n) is 8.44. The molecule has 1 heterocycles. The van der Waals surface area contributed by atoms with Gasteiger partial charge in [0, 0.05) is 12.1 Å². The molecule has 1 amide bonds. The number of carboxylic acids is 1. The fraction of sp³-hybridized carbons (Fsp3) is 0.150. The van der Waals surface area contributed by atoms with Gasteiger partial charge in [-0.3, -0.25) is 4.79 Å². The van der Waals surface area contributed by atoms with Gasteiger partial charge < -0.3 is 15.2 Å². The standard InChI is InChI=1S/C20H18ClN3O4/c1-12(13-3-5-14(6-4-13)20(26)27)23-18(25)17-11-22-24(2)19(17)28-16-9-7-15(21)8-10-16/h3-12H,1-2H3,(H,23,25)(H,26,27)/t12-/m0/s1. The molecule has 1 atom stereocenters. The summed E-state index contributed by atoms with van der Waals surface area (Å²) in [5.74, 6) is -0.526. The zero-order valence-corrected chi connectivity index (χ0v) is 16.0. The lowest BCUT2D eigenvalue weighted by Crippen LogP contribution is -2.26. The molecular weight excluding hydrogens is 382 g/mol. The number of hydrogen-bond acceptors (Lipinski definition) is 4. The van der Waals surface area contributed by atoms with E-state index in [1.54, 1.807) is 43.4 Å². The summed E-state index contributed by atoms with van der Waals surface area (Å²) >= 11 is 5.88. The maximum Gasteiger partial charge on any atom is 0.335 e. The molecule has 0 aliphatic carbocycles. The molecule has 0 unspecified atom stereocenters. The second-order valence-corrected chi connectivity index (χ2v) is 6.60. The van der Waals surface area contributed by atoms with E-state index in [2.05, 4.69) is 10.4 Å². The predicted molar refractivity (Wildman–Crippen MR) is 104 cm³/mol. The fourth-order valence-electron chi connectivity index (χ4n) is 2.59. The molecule has 8 heteroatoms. The number of amides is 1. The van der Waals surface area contributed by atoms with Crippen LogP contribution in [0.1, 0.15) is 39.2 Å². The van der Waals surface area contributed by atoms with Gasteiger partial charge in [0.25, 0.3) is 5.91 Å². The Bertz CT molecular complexity index is 997. The average Bonchev–Trinajstić information content (AvgIpc) is 3.04. The highest BCUT2D eigenvalue weighted by atomic mass is 35.5. The van der Waals surface area contributed by atoms with Crippen molar-refractivity contribution in [2.45, 2.75) is 13.0 Å². The molecule has 2 N–H and O–H groups in total. The van der Waals surface area contributed by atoms with E-state index in [4.69, 9.17) is 21.4 Å². The summed E-state index contributed by atoms with van der Waals surface area (Å²) in [5.41, 5.74) is 1.25. The van der Waals surface area contributed by atoms with Crippen molar-refractivity contribution in [2.75, 3.05) is 0 Å². The van der Waals surface area contributed by atoms with E-state index >= 15 is 0 Å². The zero-order chi connectivity index (χ0) is 20.3. The lowest BCUT2D eigenvalue weighted by atomic mass is 10.1. The highest BCUT2D eigenvalue weighted by Crippen LogP contribution is 2.26. The number of aromatic carboxylic acids is 1. The van der Waals surface area contributed by atoms with E-state index in [0.29, 0.717) is 16.7 Å². The predicted octanol–water partition coefficient (Wildman–Crippen LogP) is 4.06. The minimum Gasteiger partial charge on any atom is -0.478 e. The molecule has 3 rings (SSSR count). The van der Waals surface area contributed by atoms with E-state index in [1.165, 1.54) is 23.0 Å². The number of carbonyl (C=O) groups is 2. The lowest BCUT2D eigenvalue weighted by Gasteiger charge is -2.15. The Morgan fingerprint density at radius 3 is 2.39 bits per heavy atom. The van der Waals surface area contributed by atoms with Crippen LogP contribution in [0.4, 0.5) is 0 Å². The number of benzene rings is 2. The van der Waals surface area contributed by atoms with Crippen LogP contribution in [0.25, 0.3) is 0 Å². The van der Waals surface area contributed by atoms with Crippen LogP contribution in [0.5, 0.6) is 11.6 Å². The number of halogens is 1. The van der Waals surface area contributed by atoms with Crippen LogP contribution in [-0.4, -0.2) is 26.8 Å². The Hall–Kier alpha value is -3.32. The fourth-order valence-corrected chi connectivity index (χ4v) is 2.72. The molecule has 0 fully saturated rings. The first kappa shape index (κ1) is 19.4. The SMILES string of the molecule is C[C@H](NC(=O)c1cnn(C)c1Oc1ccc(Cl)cc1)c1ccc(C(=O)O)cc1. The van der Waals surface area contributed by atoms with Gasteiger partial charge in [-0.05, 0) is 48.9 Å². The molecule has 7 nitrogen and oxygen atoms in total. The Balaban J connectivity index is 1.75. The van der Waals surface area contributed by atoms with Crippen molar-refractivity contribution < 1.29 is 19.4 Å². The highest BCUT2D eigenvalue weighted by Gasteiger charge is 2.20. The number of aromatic nitrogens is 2. The summed E-state index contributed by atoms with van der Waals surface area (Å²) in [6, 6.07) is 12.8. The minimum atomic E-state index is -0.998. The number of rotatable bonds is 6. The summed E-state index contributed by atoms with van der Waals surface area (Å²) in [5, 5.41) is 16.5. The maximum absolute atomic E-state index is 12.7. The van der Waals surface area contributed by atoms with E-state index in [0.717, 1.165) is 5.56 Å².